The Bertz CT molecular complexity index is 346. The van der Waals surface area contributed by atoms with Crippen LogP contribution in [0.25, 0.3) is 0 Å². The Morgan fingerprint density at radius 2 is 1.89 bits per heavy atom. The standard InChI is InChI=1S/C12H27N3O2S/c1-11-4-8-15(9-5-11)18(16,17)14-10-12(2,3)6-7-13/h11,14H,4-10,13H2,1-3H3. The molecule has 6 heteroatoms. The van der Waals surface area contributed by atoms with E-state index in [1.54, 1.807) is 4.31 Å². The first-order valence-corrected chi connectivity index (χ1v) is 8.16. The van der Waals surface area contributed by atoms with E-state index in [0.717, 1.165) is 19.3 Å². The number of hydrogen-bond acceptors (Lipinski definition) is 3. The molecule has 1 rings (SSSR count). The van der Waals surface area contributed by atoms with E-state index in [1.165, 1.54) is 0 Å². The highest BCUT2D eigenvalue weighted by Gasteiger charge is 2.28. The summed E-state index contributed by atoms with van der Waals surface area (Å²) in [4.78, 5) is 0. The minimum atomic E-state index is -3.32. The Morgan fingerprint density at radius 3 is 2.39 bits per heavy atom. The molecule has 0 radical (unpaired) electrons. The topological polar surface area (TPSA) is 75.4 Å². The second kappa shape index (κ2) is 6.32. The lowest BCUT2D eigenvalue weighted by molar-refractivity contribution is 0.278. The summed E-state index contributed by atoms with van der Waals surface area (Å²) in [6.45, 7) is 8.51. The van der Waals surface area contributed by atoms with Crippen molar-refractivity contribution < 1.29 is 8.42 Å². The molecule has 108 valence electrons. The minimum Gasteiger partial charge on any atom is -0.330 e. The predicted octanol–water partition coefficient (Wildman–Crippen LogP) is 0.928. The molecule has 0 aliphatic carbocycles. The number of nitrogens with two attached hydrogens (primary N) is 1. The molecule has 0 aromatic rings. The van der Waals surface area contributed by atoms with Crippen molar-refractivity contribution in [3.05, 3.63) is 0 Å². The van der Waals surface area contributed by atoms with E-state index in [0.29, 0.717) is 32.1 Å². The monoisotopic (exact) mass is 277 g/mol. The zero-order valence-corrected chi connectivity index (χ0v) is 12.6. The van der Waals surface area contributed by atoms with Gasteiger partial charge in [-0.2, -0.15) is 12.7 Å². The van der Waals surface area contributed by atoms with Gasteiger partial charge in [0.2, 0.25) is 0 Å². The van der Waals surface area contributed by atoms with Gasteiger partial charge in [-0.15, -0.1) is 0 Å². The van der Waals surface area contributed by atoms with Crippen molar-refractivity contribution in [3.63, 3.8) is 0 Å². The van der Waals surface area contributed by atoms with E-state index in [-0.39, 0.29) is 5.41 Å². The van der Waals surface area contributed by atoms with Gasteiger partial charge in [-0.05, 0) is 37.1 Å². The van der Waals surface area contributed by atoms with E-state index in [1.807, 2.05) is 13.8 Å². The zero-order chi connectivity index (χ0) is 13.8. The first-order chi connectivity index (χ1) is 8.27. The van der Waals surface area contributed by atoms with Crippen LogP contribution in [0.1, 0.15) is 40.0 Å². The number of rotatable bonds is 6. The van der Waals surface area contributed by atoms with Crippen LogP contribution in [0.4, 0.5) is 0 Å². The van der Waals surface area contributed by atoms with Crippen LogP contribution in [-0.4, -0.2) is 38.9 Å². The third-order valence-electron chi connectivity index (χ3n) is 3.64. The van der Waals surface area contributed by atoms with Crippen LogP contribution in [0.15, 0.2) is 0 Å². The molecule has 0 spiro atoms. The zero-order valence-electron chi connectivity index (χ0n) is 11.8. The van der Waals surface area contributed by atoms with Gasteiger partial charge < -0.3 is 5.73 Å². The molecule has 1 aliphatic heterocycles. The Labute approximate surface area is 111 Å². The predicted molar refractivity (Wildman–Crippen MR) is 74.3 cm³/mol. The SMILES string of the molecule is CC1CCN(S(=O)(=O)NCC(C)(C)CCN)CC1. The highest BCUT2D eigenvalue weighted by molar-refractivity contribution is 7.87. The molecule has 0 aromatic carbocycles. The van der Waals surface area contributed by atoms with Crippen molar-refractivity contribution in [3.8, 4) is 0 Å². The molecular formula is C12H27N3O2S. The Morgan fingerprint density at radius 1 is 1.33 bits per heavy atom. The van der Waals surface area contributed by atoms with Crippen LogP contribution in [0, 0.1) is 11.3 Å². The second-order valence-corrected chi connectivity index (χ2v) is 7.87. The summed E-state index contributed by atoms with van der Waals surface area (Å²) in [5, 5.41) is 0. The fraction of sp³-hybridized carbons (Fsp3) is 1.00. The summed E-state index contributed by atoms with van der Waals surface area (Å²) in [5.41, 5.74) is 5.43. The molecule has 5 nitrogen and oxygen atoms in total. The second-order valence-electron chi connectivity index (χ2n) is 6.11. The molecule has 0 aromatic heterocycles. The fourth-order valence-electron chi connectivity index (χ4n) is 2.08. The van der Waals surface area contributed by atoms with Crippen molar-refractivity contribution in [2.24, 2.45) is 17.1 Å². The summed E-state index contributed by atoms with van der Waals surface area (Å²) < 4.78 is 28.5. The van der Waals surface area contributed by atoms with Gasteiger partial charge in [0.1, 0.15) is 0 Å². The average molecular weight is 277 g/mol. The van der Waals surface area contributed by atoms with Gasteiger partial charge in [0.25, 0.3) is 10.2 Å². The normalized spacial score (nSPS) is 20.2. The van der Waals surface area contributed by atoms with E-state index in [2.05, 4.69) is 11.6 Å². The maximum atomic E-state index is 12.1. The summed E-state index contributed by atoms with van der Waals surface area (Å²) in [6, 6.07) is 0. The molecule has 1 saturated heterocycles. The number of nitrogens with one attached hydrogen (secondary N) is 1. The molecule has 0 amide bonds. The van der Waals surface area contributed by atoms with E-state index >= 15 is 0 Å². The van der Waals surface area contributed by atoms with Crippen LogP contribution >= 0.6 is 0 Å². The molecule has 0 atom stereocenters. The largest absolute Gasteiger partial charge is 0.330 e. The highest BCUT2D eigenvalue weighted by atomic mass is 32.2. The quantitative estimate of drug-likeness (QED) is 0.758. The summed E-state index contributed by atoms with van der Waals surface area (Å²) in [5.74, 6) is 0.630. The number of nitrogens with zero attached hydrogens (tertiary/aromatic N) is 1. The molecule has 1 aliphatic rings. The first-order valence-electron chi connectivity index (χ1n) is 6.72. The summed E-state index contributed by atoms with van der Waals surface area (Å²) in [7, 11) is -3.32. The Balaban J connectivity index is 2.50. The van der Waals surface area contributed by atoms with Crippen molar-refractivity contribution in [1.82, 2.24) is 9.03 Å². The van der Waals surface area contributed by atoms with Crippen LogP contribution in [0.5, 0.6) is 0 Å². The van der Waals surface area contributed by atoms with Crippen molar-refractivity contribution in [2.45, 2.75) is 40.0 Å². The minimum absolute atomic E-state index is 0.0924. The van der Waals surface area contributed by atoms with Gasteiger partial charge in [-0.25, -0.2) is 4.72 Å². The van der Waals surface area contributed by atoms with Gasteiger partial charge in [0, 0.05) is 19.6 Å². The van der Waals surface area contributed by atoms with Gasteiger partial charge in [-0.3, -0.25) is 0 Å². The lowest BCUT2D eigenvalue weighted by Gasteiger charge is -2.31. The molecule has 1 heterocycles. The van der Waals surface area contributed by atoms with Crippen LogP contribution in [-0.2, 0) is 10.2 Å². The Kier molecular flexibility index (Phi) is 5.58. The lowest BCUT2D eigenvalue weighted by Crippen LogP contribution is -2.47. The van der Waals surface area contributed by atoms with Gasteiger partial charge in [0.15, 0.2) is 0 Å². The first kappa shape index (κ1) is 15.9. The summed E-state index contributed by atoms with van der Waals surface area (Å²) >= 11 is 0. The maximum Gasteiger partial charge on any atom is 0.279 e. The fourth-order valence-corrected chi connectivity index (χ4v) is 3.53. The number of hydrogen-bond donors (Lipinski definition) is 2. The average Bonchev–Trinajstić information content (AvgIpc) is 2.27. The van der Waals surface area contributed by atoms with Crippen molar-refractivity contribution in [1.29, 1.82) is 0 Å². The highest BCUT2D eigenvalue weighted by Crippen LogP contribution is 2.20. The smallest absolute Gasteiger partial charge is 0.279 e. The molecule has 0 unspecified atom stereocenters. The van der Waals surface area contributed by atoms with Crippen LogP contribution < -0.4 is 10.5 Å². The Hall–Kier alpha value is -0.170. The van der Waals surface area contributed by atoms with Gasteiger partial charge in [-0.1, -0.05) is 20.8 Å². The number of piperidine rings is 1. The third-order valence-corrected chi connectivity index (χ3v) is 5.19. The van der Waals surface area contributed by atoms with Gasteiger partial charge >= 0.3 is 0 Å². The van der Waals surface area contributed by atoms with Crippen molar-refractivity contribution in [2.75, 3.05) is 26.2 Å². The van der Waals surface area contributed by atoms with E-state index < -0.39 is 10.2 Å². The summed E-state index contributed by atoms with van der Waals surface area (Å²) in [6.07, 6.45) is 2.72. The molecule has 1 fully saturated rings. The van der Waals surface area contributed by atoms with E-state index in [4.69, 9.17) is 5.73 Å². The molecule has 0 saturated carbocycles. The van der Waals surface area contributed by atoms with E-state index in [9.17, 15) is 8.42 Å². The lowest BCUT2D eigenvalue weighted by atomic mass is 9.90. The third kappa shape index (κ3) is 4.84. The van der Waals surface area contributed by atoms with Crippen molar-refractivity contribution >= 4 is 10.2 Å². The molecule has 3 N–H and O–H groups in total. The maximum absolute atomic E-state index is 12.1. The van der Waals surface area contributed by atoms with Crippen LogP contribution in [0.2, 0.25) is 0 Å². The van der Waals surface area contributed by atoms with Crippen LogP contribution in [0.3, 0.4) is 0 Å². The van der Waals surface area contributed by atoms with Gasteiger partial charge in [0.05, 0.1) is 0 Å². The molecular weight excluding hydrogens is 250 g/mol. The molecule has 0 bridgehead atoms. The molecule has 18 heavy (non-hydrogen) atoms.